The van der Waals surface area contributed by atoms with E-state index in [4.69, 9.17) is 4.74 Å². The number of ether oxygens (including phenoxy) is 1. The van der Waals surface area contributed by atoms with Crippen LogP contribution in [0.1, 0.15) is 28.9 Å². The molecule has 112 valence electrons. The molecule has 0 aromatic carbocycles. The molecule has 0 atom stereocenters. The minimum absolute atomic E-state index is 0.317. The normalized spacial score (nSPS) is 17.2. The molecular formula is C16H21N3O2. The summed E-state index contributed by atoms with van der Waals surface area (Å²) >= 11 is 0. The number of nitrogens with zero attached hydrogens (tertiary/aromatic N) is 3. The lowest BCUT2D eigenvalue weighted by atomic mass is 9.93. The van der Waals surface area contributed by atoms with E-state index >= 15 is 0 Å². The summed E-state index contributed by atoms with van der Waals surface area (Å²) in [5, 5.41) is 0. The summed E-state index contributed by atoms with van der Waals surface area (Å²) in [6, 6.07) is 3.62. The third-order valence-electron chi connectivity index (χ3n) is 4.26. The van der Waals surface area contributed by atoms with Crippen molar-refractivity contribution in [3.05, 3.63) is 35.8 Å². The highest BCUT2D eigenvalue weighted by atomic mass is 16.5. The number of hydrogen-bond acceptors (Lipinski definition) is 4. The molecule has 3 heterocycles. The van der Waals surface area contributed by atoms with E-state index in [2.05, 4.69) is 16.9 Å². The Balaban J connectivity index is 1.76. The minimum atomic E-state index is -0.317. The Morgan fingerprint density at radius 3 is 2.81 bits per heavy atom. The molecule has 0 spiro atoms. The van der Waals surface area contributed by atoms with Crippen molar-refractivity contribution in [1.82, 2.24) is 14.3 Å². The van der Waals surface area contributed by atoms with Crippen LogP contribution >= 0.6 is 0 Å². The van der Waals surface area contributed by atoms with Crippen molar-refractivity contribution in [2.45, 2.75) is 19.3 Å². The second-order valence-corrected chi connectivity index (χ2v) is 5.86. The van der Waals surface area contributed by atoms with Crippen LogP contribution in [0.2, 0.25) is 0 Å². The summed E-state index contributed by atoms with van der Waals surface area (Å²) in [4.78, 5) is 18.6. The van der Waals surface area contributed by atoms with Gasteiger partial charge in [0.1, 0.15) is 5.65 Å². The smallest absolute Gasteiger partial charge is 0.339 e. The molecule has 3 rings (SSSR count). The molecule has 0 radical (unpaired) electrons. The fourth-order valence-electron chi connectivity index (χ4n) is 2.94. The van der Waals surface area contributed by atoms with Crippen molar-refractivity contribution < 1.29 is 9.53 Å². The largest absolute Gasteiger partial charge is 0.465 e. The Kier molecular flexibility index (Phi) is 3.92. The summed E-state index contributed by atoms with van der Waals surface area (Å²) < 4.78 is 6.66. The van der Waals surface area contributed by atoms with Crippen molar-refractivity contribution in [3.8, 4) is 0 Å². The number of carbonyl (C=O) groups excluding carboxylic acids is 1. The van der Waals surface area contributed by atoms with Crippen molar-refractivity contribution in [2.75, 3.05) is 27.2 Å². The lowest BCUT2D eigenvalue weighted by Crippen LogP contribution is -2.30. The highest BCUT2D eigenvalue weighted by Crippen LogP contribution is 2.21. The van der Waals surface area contributed by atoms with Crippen LogP contribution in [0.3, 0.4) is 0 Å². The van der Waals surface area contributed by atoms with Gasteiger partial charge in [-0.1, -0.05) is 0 Å². The number of esters is 1. The fourth-order valence-corrected chi connectivity index (χ4v) is 2.94. The van der Waals surface area contributed by atoms with Crippen molar-refractivity contribution in [2.24, 2.45) is 5.92 Å². The average molecular weight is 287 g/mol. The molecule has 1 fully saturated rings. The molecule has 5 nitrogen and oxygen atoms in total. The molecule has 2 aromatic rings. The predicted molar refractivity (Wildman–Crippen MR) is 80.5 cm³/mol. The van der Waals surface area contributed by atoms with Gasteiger partial charge in [0.05, 0.1) is 18.4 Å². The number of methoxy groups -OCH3 is 1. The van der Waals surface area contributed by atoms with Crippen LogP contribution in [0.15, 0.2) is 24.5 Å². The number of carbonyl (C=O) groups is 1. The number of aromatic nitrogens is 2. The maximum absolute atomic E-state index is 11.6. The van der Waals surface area contributed by atoms with Crippen LogP contribution in [0.5, 0.6) is 0 Å². The van der Waals surface area contributed by atoms with E-state index in [0.29, 0.717) is 11.5 Å². The van der Waals surface area contributed by atoms with Gasteiger partial charge in [-0.15, -0.1) is 0 Å². The number of pyridine rings is 1. The van der Waals surface area contributed by atoms with Gasteiger partial charge in [0, 0.05) is 12.4 Å². The molecule has 0 N–H and O–H groups in total. The summed E-state index contributed by atoms with van der Waals surface area (Å²) in [6.45, 7) is 2.34. The second kappa shape index (κ2) is 5.85. The van der Waals surface area contributed by atoms with Crippen LogP contribution in [0.4, 0.5) is 0 Å². The molecular weight excluding hydrogens is 266 g/mol. The van der Waals surface area contributed by atoms with Gasteiger partial charge >= 0.3 is 5.97 Å². The topological polar surface area (TPSA) is 46.8 Å². The maximum Gasteiger partial charge on any atom is 0.339 e. The Hall–Kier alpha value is -1.88. The van der Waals surface area contributed by atoms with Gasteiger partial charge in [-0.2, -0.15) is 0 Å². The van der Waals surface area contributed by atoms with Gasteiger partial charge in [0.15, 0.2) is 0 Å². The van der Waals surface area contributed by atoms with Gasteiger partial charge in [-0.05, 0) is 57.5 Å². The van der Waals surface area contributed by atoms with Crippen LogP contribution in [-0.4, -0.2) is 47.5 Å². The van der Waals surface area contributed by atoms with E-state index in [1.165, 1.54) is 33.0 Å². The first-order chi connectivity index (χ1) is 10.2. The quantitative estimate of drug-likeness (QED) is 0.810. The first-order valence-corrected chi connectivity index (χ1v) is 7.40. The molecule has 0 aliphatic carbocycles. The van der Waals surface area contributed by atoms with Crippen LogP contribution in [0.25, 0.3) is 5.65 Å². The summed E-state index contributed by atoms with van der Waals surface area (Å²) in [5.41, 5.74) is 2.53. The summed E-state index contributed by atoms with van der Waals surface area (Å²) in [5.74, 6) is 0.397. The lowest BCUT2D eigenvalue weighted by molar-refractivity contribution is 0.0600. The van der Waals surface area contributed by atoms with Gasteiger partial charge in [0.2, 0.25) is 0 Å². The highest BCUT2D eigenvalue weighted by molar-refractivity contribution is 5.89. The monoisotopic (exact) mass is 287 g/mol. The zero-order valence-electron chi connectivity index (χ0n) is 12.6. The zero-order valence-corrected chi connectivity index (χ0v) is 12.6. The molecule has 0 amide bonds. The third-order valence-corrected chi connectivity index (χ3v) is 4.26. The number of fused-ring (bicyclic) bond motifs is 1. The number of imidazole rings is 1. The minimum Gasteiger partial charge on any atom is -0.465 e. The summed E-state index contributed by atoms with van der Waals surface area (Å²) in [7, 11) is 3.57. The molecule has 0 bridgehead atoms. The maximum atomic E-state index is 11.6. The van der Waals surface area contributed by atoms with E-state index in [1.807, 2.05) is 16.7 Å². The number of likely N-dealkylation sites (tertiary alicyclic amines) is 1. The lowest BCUT2D eigenvalue weighted by Gasteiger charge is -2.28. The second-order valence-electron chi connectivity index (χ2n) is 5.86. The Bertz CT molecular complexity index is 642. The van der Waals surface area contributed by atoms with Crippen molar-refractivity contribution in [3.63, 3.8) is 0 Å². The van der Waals surface area contributed by atoms with Crippen LogP contribution in [0, 0.1) is 5.92 Å². The Morgan fingerprint density at radius 1 is 1.33 bits per heavy atom. The molecule has 2 aromatic heterocycles. The van der Waals surface area contributed by atoms with E-state index < -0.39 is 0 Å². The van der Waals surface area contributed by atoms with Crippen molar-refractivity contribution in [1.29, 1.82) is 0 Å². The fraction of sp³-hybridized carbons (Fsp3) is 0.500. The molecule has 21 heavy (non-hydrogen) atoms. The molecule has 1 aliphatic heterocycles. The van der Waals surface area contributed by atoms with Crippen LogP contribution in [-0.2, 0) is 11.2 Å². The number of rotatable bonds is 3. The zero-order chi connectivity index (χ0) is 14.8. The highest BCUT2D eigenvalue weighted by Gasteiger charge is 2.18. The Morgan fingerprint density at radius 2 is 2.10 bits per heavy atom. The molecule has 5 heteroatoms. The van der Waals surface area contributed by atoms with E-state index in [9.17, 15) is 4.79 Å². The van der Waals surface area contributed by atoms with Crippen LogP contribution < -0.4 is 0 Å². The summed E-state index contributed by atoms with van der Waals surface area (Å²) in [6.07, 6.45) is 7.30. The molecule has 0 saturated carbocycles. The third kappa shape index (κ3) is 3.08. The van der Waals surface area contributed by atoms with Gasteiger partial charge < -0.3 is 14.0 Å². The first-order valence-electron chi connectivity index (χ1n) is 7.40. The van der Waals surface area contributed by atoms with E-state index in [1.54, 1.807) is 12.3 Å². The molecule has 1 aliphatic rings. The molecule has 1 saturated heterocycles. The van der Waals surface area contributed by atoms with Gasteiger partial charge in [0.25, 0.3) is 0 Å². The Labute approximate surface area is 124 Å². The molecule has 0 unspecified atom stereocenters. The average Bonchev–Trinajstić information content (AvgIpc) is 2.90. The van der Waals surface area contributed by atoms with Gasteiger partial charge in [-0.3, -0.25) is 0 Å². The van der Waals surface area contributed by atoms with E-state index in [-0.39, 0.29) is 5.97 Å². The SMILES string of the molecule is COC(=O)c1ccc2nc(CC3CCN(C)CC3)cn2c1. The van der Waals surface area contributed by atoms with Crippen molar-refractivity contribution >= 4 is 11.6 Å². The standard InChI is InChI=1S/C16H21N3O2/c1-18-7-5-12(6-8-18)9-14-11-19-10-13(16(20)21-2)3-4-15(19)17-14/h3-4,10-12H,5-9H2,1-2H3. The first kappa shape index (κ1) is 14.1. The van der Waals surface area contributed by atoms with E-state index in [0.717, 1.165) is 17.8 Å². The van der Waals surface area contributed by atoms with Gasteiger partial charge in [-0.25, -0.2) is 9.78 Å². The number of piperidine rings is 1. The predicted octanol–water partition coefficient (Wildman–Crippen LogP) is 2.01. The number of hydrogen-bond donors (Lipinski definition) is 0.